The zero-order chi connectivity index (χ0) is 38.6. The van der Waals surface area contributed by atoms with E-state index in [-0.39, 0.29) is 31.3 Å². The number of aromatic nitrogens is 2. The highest BCUT2D eigenvalue weighted by atomic mass is 16.7. The van der Waals surface area contributed by atoms with E-state index in [0.29, 0.717) is 42.5 Å². The SMILES string of the molecule is CC(C)C(NC(=O)OC1CCCC1)C(=O)N1C[C@H](OC(=O)N2Cc3ccc4c(c3C2)OCO4)C[C@H]1c1nc(-c2ccc(B3OC(C)(C)C(C)(C)O3)cc2)c[nH]1. The molecule has 292 valence electrons. The maximum atomic E-state index is 14.4. The van der Waals surface area contributed by atoms with Gasteiger partial charge >= 0.3 is 19.3 Å². The van der Waals surface area contributed by atoms with Crippen molar-refractivity contribution < 1.29 is 42.6 Å². The minimum absolute atomic E-state index is 0.129. The second kappa shape index (κ2) is 14.4. The van der Waals surface area contributed by atoms with Crippen molar-refractivity contribution in [2.75, 3.05) is 13.3 Å². The van der Waals surface area contributed by atoms with Crippen LogP contribution < -0.4 is 20.3 Å². The zero-order valence-electron chi connectivity index (χ0n) is 32.4. The molecule has 15 heteroatoms. The molecule has 1 aromatic heterocycles. The number of aromatic amines is 1. The van der Waals surface area contributed by atoms with Gasteiger partial charge < -0.3 is 43.5 Å². The van der Waals surface area contributed by atoms with E-state index in [2.05, 4.69) is 10.3 Å². The lowest BCUT2D eigenvalue weighted by atomic mass is 9.79. The van der Waals surface area contributed by atoms with E-state index in [1.807, 2.05) is 84.1 Å². The number of amides is 3. The predicted octanol–water partition coefficient (Wildman–Crippen LogP) is 5.59. The number of nitrogens with one attached hydrogen (secondary N) is 2. The number of imidazole rings is 1. The maximum absolute atomic E-state index is 14.4. The van der Waals surface area contributed by atoms with Crippen molar-refractivity contribution in [1.82, 2.24) is 25.1 Å². The first-order chi connectivity index (χ1) is 26.3. The van der Waals surface area contributed by atoms with Gasteiger partial charge in [0.1, 0.15) is 24.1 Å². The van der Waals surface area contributed by atoms with Crippen molar-refractivity contribution in [2.45, 2.75) is 122 Å². The van der Waals surface area contributed by atoms with Crippen LogP contribution in [0.5, 0.6) is 11.5 Å². The van der Waals surface area contributed by atoms with Crippen LogP contribution in [0.2, 0.25) is 0 Å². The molecular weight excluding hydrogens is 705 g/mol. The molecule has 0 spiro atoms. The molecule has 3 aromatic rings. The molecule has 0 bridgehead atoms. The van der Waals surface area contributed by atoms with Gasteiger partial charge in [-0.1, -0.05) is 44.2 Å². The van der Waals surface area contributed by atoms with E-state index >= 15 is 0 Å². The van der Waals surface area contributed by atoms with Crippen LogP contribution in [0.15, 0.2) is 42.6 Å². The Morgan fingerprint density at radius 1 is 0.945 bits per heavy atom. The molecule has 2 saturated heterocycles. The fraction of sp³-hybridized carbons (Fsp3) is 0.550. The number of hydrogen-bond donors (Lipinski definition) is 2. The van der Waals surface area contributed by atoms with E-state index in [9.17, 15) is 14.4 Å². The largest absolute Gasteiger partial charge is 0.494 e. The summed E-state index contributed by atoms with van der Waals surface area (Å²) in [4.78, 5) is 52.6. The molecule has 1 unspecified atom stereocenters. The second-order valence-electron chi connectivity index (χ2n) is 16.6. The smallest absolute Gasteiger partial charge is 0.454 e. The molecule has 5 heterocycles. The number of alkyl carbamates (subject to hydrolysis) is 1. The number of likely N-dealkylation sites (tertiary alicyclic amines) is 1. The van der Waals surface area contributed by atoms with Gasteiger partial charge in [-0.15, -0.1) is 0 Å². The van der Waals surface area contributed by atoms with E-state index in [1.165, 1.54) is 0 Å². The summed E-state index contributed by atoms with van der Waals surface area (Å²) in [6.07, 6.45) is 3.95. The number of carbonyl (C=O) groups is 3. The third-order valence-electron chi connectivity index (χ3n) is 11.9. The molecule has 3 amide bonds. The molecule has 14 nitrogen and oxygen atoms in total. The van der Waals surface area contributed by atoms with Crippen molar-refractivity contribution in [1.29, 1.82) is 0 Å². The van der Waals surface area contributed by atoms with Crippen molar-refractivity contribution in [3.63, 3.8) is 0 Å². The Hall–Kier alpha value is -4.76. The van der Waals surface area contributed by atoms with Crippen LogP contribution in [0.1, 0.15) is 96.6 Å². The van der Waals surface area contributed by atoms with Gasteiger partial charge in [0.05, 0.1) is 36.0 Å². The summed E-state index contributed by atoms with van der Waals surface area (Å²) in [6, 6.07) is 10.3. The monoisotopic (exact) mass is 755 g/mol. The van der Waals surface area contributed by atoms with Gasteiger partial charge in [-0.25, -0.2) is 14.6 Å². The molecule has 8 rings (SSSR count). The van der Waals surface area contributed by atoms with Crippen molar-refractivity contribution in [3.05, 3.63) is 59.5 Å². The third kappa shape index (κ3) is 7.24. The minimum atomic E-state index is -0.861. The van der Waals surface area contributed by atoms with Gasteiger partial charge in [0.25, 0.3) is 0 Å². The van der Waals surface area contributed by atoms with Crippen LogP contribution in [0, 0.1) is 5.92 Å². The van der Waals surface area contributed by atoms with Gasteiger partial charge in [0.2, 0.25) is 12.7 Å². The van der Waals surface area contributed by atoms with Crippen LogP contribution >= 0.6 is 0 Å². The molecule has 0 radical (unpaired) electrons. The average Bonchev–Trinajstić information content (AvgIpc) is 3.99. The Morgan fingerprint density at radius 3 is 2.38 bits per heavy atom. The van der Waals surface area contributed by atoms with E-state index in [4.69, 9.17) is 33.2 Å². The third-order valence-corrected chi connectivity index (χ3v) is 11.9. The number of hydrogen-bond acceptors (Lipinski definition) is 10. The fourth-order valence-corrected chi connectivity index (χ4v) is 8.03. The molecule has 2 N–H and O–H groups in total. The quantitative estimate of drug-likeness (QED) is 0.278. The Bertz CT molecular complexity index is 1930. The molecule has 3 atom stereocenters. The summed E-state index contributed by atoms with van der Waals surface area (Å²) >= 11 is 0. The Kier molecular flexibility index (Phi) is 9.73. The summed E-state index contributed by atoms with van der Waals surface area (Å²) in [5.74, 6) is 1.35. The lowest BCUT2D eigenvalue weighted by Crippen LogP contribution is -2.52. The van der Waals surface area contributed by atoms with Gasteiger partial charge in [0, 0.05) is 30.3 Å². The standard InChI is InChI=1S/C40H50BN5O9/c1-23(2)33(44-37(48)52-27-9-7-8-10-27)36(47)46-20-28(53-38(49)45-19-25-13-16-32-34(29(25)21-45)51-22-50-32)17-31(46)35-42-18-30(43-35)24-11-14-26(15-12-24)41-54-39(3,4)40(5,6)55-41/h11-16,18,23,27-28,31,33H,7-10,17,19-22H2,1-6H3,(H,42,43)(H,44,48)/t28-,31+,33?/m1/s1. The zero-order valence-corrected chi connectivity index (χ0v) is 32.4. The highest BCUT2D eigenvalue weighted by Gasteiger charge is 2.52. The molecule has 1 saturated carbocycles. The number of rotatable bonds is 8. The lowest BCUT2D eigenvalue weighted by molar-refractivity contribution is -0.136. The highest BCUT2D eigenvalue weighted by Crippen LogP contribution is 2.42. The molecule has 55 heavy (non-hydrogen) atoms. The summed E-state index contributed by atoms with van der Waals surface area (Å²) in [5, 5.41) is 2.85. The topological polar surface area (TPSA) is 154 Å². The number of ether oxygens (including phenoxy) is 4. The molecule has 5 aliphatic rings. The Labute approximate surface area is 321 Å². The molecule has 3 fully saturated rings. The van der Waals surface area contributed by atoms with Crippen LogP contribution in [0.25, 0.3) is 11.3 Å². The Balaban J connectivity index is 1.00. The van der Waals surface area contributed by atoms with Crippen LogP contribution in [0.3, 0.4) is 0 Å². The number of carbonyl (C=O) groups excluding carboxylic acids is 3. The highest BCUT2D eigenvalue weighted by molar-refractivity contribution is 6.62. The van der Waals surface area contributed by atoms with Crippen LogP contribution in [-0.2, 0) is 36.7 Å². The van der Waals surface area contributed by atoms with Gasteiger partial charge in [-0.05, 0) is 76.4 Å². The molecule has 2 aromatic carbocycles. The summed E-state index contributed by atoms with van der Waals surface area (Å²) in [6.45, 7) is 12.9. The lowest BCUT2D eigenvalue weighted by Gasteiger charge is -2.32. The number of H-pyrrole nitrogens is 1. The van der Waals surface area contributed by atoms with Gasteiger partial charge in [0.15, 0.2) is 11.5 Å². The first kappa shape index (κ1) is 37.2. The van der Waals surface area contributed by atoms with Gasteiger partial charge in [-0.3, -0.25) is 9.69 Å². The van der Waals surface area contributed by atoms with Crippen molar-refractivity contribution in [2.24, 2.45) is 5.92 Å². The number of fused-ring (bicyclic) bond motifs is 3. The van der Waals surface area contributed by atoms with E-state index in [0.717, 1.165) is 47.8 Å². The number of benzene rings is 2. The summed E-state index contributed by atoms with van der Waals surface area (Å²) < 4.78 is 35.5. The minimum Gasteiger partial charge on any atom is -0.454 e. The molecule has 4 aliphatic heterocycles. The molecular formula is C40H50BN5O9. The van der Waals surface area contributed by atoms with E-state index in [1.54, 1.807) is 9.80 Å². The maximum Gasteiger partial charge on any atom is 0.494 e. The Morgan fingerprint density at radius 2 is 1.67 bits per heavy atom. The van der Waals surface area contributed by atoms with Crippen LogP contribution in [0.4, 0.5) is 9.59 Å². The van der Waals surface area contributed by atoms with Crippen molar-refractivity contribution >= 4 is 30.7 Å². The first-order valence-electron chi connectivity index (χ1n) is 19.4. The average molecular weight is 756 g/mol. The summed E-state index contributed by atoms with van der Waals surface area (Å²) in [7, 11) is -0.484. The molecule has 1 aliphatic carbocycles. The van der Waals surface area contributed by atoms with Crippen LogP contribution in [-0.4, -0.2) is 87.8 Å². The van der Waals surface area contributed by atoms with Crippen molar-refractivity contribution in [3.8, 4) is 22.8 Å². The second-order valence-corrected chi connectivity index (χ2v) is 16.6. The first-order valence-corrected chi connectivity index (χ1v) is 19.4. The number of nitrogens with zero attached hydrogens (tertiary/aromatic N) is 3. The van der Waals surface area contributed by atoms with Gasteiger partial charge in [-0.2, -0.15) is 0 Å². The normalized spacial score (nSPS) is 23.0. The fourth-order valence-electron chi connectivity index (χ4n) is 8.03. The predicted molar refractivity (Wildman–Crippen MR) is 201 cm³/mol. The van der Waals surface area contributed by atoms with E-state index < -0.39 is 48.7 Å². The summed E-state index contributed by atoms with van der Waals surface area (Å²) in [5.41, 5.74) is 3.45.